The number of Topliss-reactive ketones (excluding diaryl/α,β-unsaturated/α-hetero) is 1. The van der Waals surface area contributed by atoms with E-state index in [4.69, 9.17) is 0 Å². The molecule has 1 saturated heterocycles. The molecular formula is C20H22N4OS. The summed E-state index contributed by atoms with van der Waals surface area (Å²) in [4.78, 5) is 19.2. The Kier molecular flexibility index (Phi) is 5.04. The van der Waals surface area contributed by atoms with Gasteiger partial charge < -0.3 is 4.90 Å². The zero-order valence-corrected chi connectivity index (χ0v) is 15.8. The molecule has 3 heterocycles. The quantitative estimate of drug-likeness (QED) is 0.666. The summed E-state index contributed by atoms with van der Waals surface area (Å²) >= 11 is 1.59. The summed E-state index contributed by atoms with van der Waals surface area (Å²) in [7, 11) is 0. The molecule has 6 heteroatoms. The van der Waals surface area contributed by atoms with Crippen molar-refractivity contribution in [3.63, 3.8) is 0 Å². The van der Waals surface area contributed by atoms with E-state index in [2.05, 4.69) is 26.1 Å². The van der Waals surface area contributed by atoms with Crippen LogP contribution in [0.25, 0.3) is 21.3 Å². The van der Waals surface area contributed by atoms with E-state index in [1.165, 1.54) is 12.8 Å². The van der Waals surface area contributed by atoms with Gasteiger partial charge in [-0.15, -0.1) is 10.2 Å². The van der Waals surface area contributed by atoms with Gasteiger partial charge >= 0.3 is 0 Å². The number of likely N-dealkylation sites (tertiary alicyclic amines) is 1. The van der Waals surface area contributed by atoms with Crippen molar-refractivity contribution in [3.05, 3.63) is 41.2 Å². The molecule has 2 aromatic heterocycles. The predicted molar refractivity (Wildman–Crippen MR) is 104 cm³/mol. The summed E-state index contributed by atoms with van der Waals surface area (Å²) in [6.45, 7) is 5.11. The van der Waals surface area contributed by atoms with Gasteiger partial charge in [0, 0.05) is 42.2 Å². The summed E-state index contributed by atoms with van der Waals surface area (Å²) in [5.74, 6) is 0.264. The molecule has 0 amide bonds. The van der Waals surface area contributed by atoms with Gasteiger partial charge in [0.05, 0.1) is 0 Å². The Morgan fingerprint density at radius 1 is 1.15 bits per heavy atom. The van der Waals surface area contributed by atoms with E-state index < -0.39 is 0 Å². The van der Waals surface area contributed by atoms with Crippen LogP contribution in [0.5, 0.6) is 0 Å². The number of carbonyl (C=O) groups is 1. The number of aryl methyl sites for hydroxylation is 1. The van der Waals surface area contributed by atoms with Gasteiger partial charge in [-0.3, -0.25) is 9.78 Å². The number of aromatic nitrogens is 3. The molecule has 0 spiro atoms. The Hall–Kier alpha value is -2.18. The standard InChI is InChI=1S/C20H22N4OS/c1-14-22-23-20(26-14)15-4-5-16-13-21-18(11-17(16)10-15)12-19(25)6-9-24-7-2-3-8-24/h4-5,10-11,13H,2-3,6-9,12H2,1H3. The highest BCUT2D eigenvalue weighted by molar-refractivity contribution is 7.14. The highest BCUT2D eigenvalue weighted by Crippen LogP contribution is 2.27. The third kappa shape index (κ3) is 3.97. The van der Waals surface area contributed by atoms with Crippen molar-refractivity contribution in [1.29, 1.82) is 0 Å². The molecule has 0 atom stereocenters. The van der Waals surface area contributed by atoms with Crippen molar-refractivity contribution in [3.8, 4) is 10.6 Å². The summed E-state index contributed by atoms with van der Waals surface area (Å²) in [5, 5.41) is 12.4. The van der Waals surface area contributed by atoms with E-state index in [1.807, 2.05) is 31.3 Å². The van der Waals surface area contributed by atoms with E-state index in [0.29, 0.717) is 12.8 Å². The van der Waals surface area contributed by atoms with Crippen LogP contribution in [0.2, 0.25) is 0 Å². The monoisotopic (exact) mass is 366 g/mol. The number of carbonyl (C=O) groups excluding carboxylic acids is 1. The first-order valence-electron chi connectivity index (χ1n) is 9.10. The third-order valence-corrected chi connectivity index (χ3v) is 5.72. The lowest BCUT2D eigenvalue weighted by atomic mass is 10.1. The van der Waals surface area contributed by atoms with Crippen LogP contribution in [-0.2, 0) is 11.2 Å². The van der Waals surface area contributed by atoms with Crippen molar-refractivity contribution >= 4 is 27.9 Å². The van der Waals surface area contributed by atoms with E-state index in [9.17, 15) is 4.79 Å². The number of fused-ring (bicyclic) bond motifs is 1. The summed E-state index contributed by atoms with van der Waals surface area (Å²) in [6, 6.07) is 8.23. The SMILES string of the molecule is Cc1nnc(-c2ccc3cnc(CC(=O)CCN4CCCC4)cc3c2)s1. The number of pyridine rings is 1. The molecule has 3 aromatic rings. The number of nitrogens with zero attached hydrogens (tertiary/aromatic N) is 4. The average Bonchev–Trinajstić information content (AvgIpc) is 3.31. The predicted octanol–water partition coefficient (Wildman–Crippen LogP) is 3.66. The number of rotatable bonds is 6. The zero-order valence-electron chi connectivity index (χ0n) is 14.9. The highest BCUT2D eigenvalue weighted by Gasteiger charge is 2.14. The Morgan fingerprint density at radius 3 is 2.77 bits per heavy atom. The smallest absolute Gasteiger partial charge is 0.147 e. The number of hydrogen-bond donors (Lipinski definition) is 0. The second kappa shape index (κ2) is 7.60. The van der Waals surface area contributed by atoms with Crippen LogP contribution in [0.1, 0.15) is 30.0 Å². The van der Waals surface area contributed by atoms with E-state index in [1.54, 1.807) is 11.3 Å². The number of hydrogen-bond acceptors (Lipinski definition) is 6. The fourth-order valence-corrected chi connectivity index (χ4v) is 4.10. The minimum absolute atomic E-state index is 0.264. The van der Waals surface area contributed by atoms with E-state index >= 15 is 0 Å². The Labute approximate surface area is 157 Å². The van der Waals surface area contributed by atoms with Crippen molar-refractivity contribution in [2.75, 3.05) is 19.6 Å². The van der Waals surface area contributed by atoms with Crippen molar-refractivity contribution in [2.45, 2.75) is 32.6 Å². The molecule has 5 nitrogen and oxygen atoms in total. The van der Waals surface area contributed by atoms with Crippen LogP contribution in [-0.4, -0.2) is 45.5 Å². The van der Waals surface area contributed by atoms with Gasteiger partial charge in [-0.1, -0.05) is 23.5 Å². The van der Waals surface area contributed by atoms with E-state index in [-0.39, 0.29) is 5.78 Å². The van der Waals surface area contributed by atoms with Crippen LogP contribution < -0.4 is 0 Å². The number of benzene rings is 1. The lowest BCUT2D eigenvalue weighted by molar-refractivity contribution is -0.118. The van der Waals surface area contributed by atoms with Crippen LogP contribution in [0.4, 0.5) is 0 Å². The first-order valence-corrected chi connectivity index (χ1v) is 9.92. The summed E-state index contributed by atoms with van der Waals surface area (Å²) in [6.07, 6.45) is 5.40. The van der Waals surface area contributed by atoms with Gasteiger partial charge in [-0.2, -0.15) is 0 Å². The molecule has 4 rings (SSSR count). The van der Waals surface area contributed by atoms with Gasteiger partial charge in [0.2, 0.25) is 0 Å². The number of ketones is 1. The first-order chi connectivity index (χ1) is 12.7. The topological polar surface area (TPSA) is 59.0 Å². The first kappa shape index (κ1) is 17.2. The second-order valence-electron chi connectivity index (χ2n) is 6.88. The minimum Gasteiger partial charge on any atom is -0.303 e. The zero-order chi connectivity index (χ0) is 17.9. The van der Waals surface area contributed by atoms with Gasteiger partial charge in [0.15, 0.2) is 0 Å². The lowest BCUT2D eigenvalue weighted by Crippen LogP contribution is -2.23. The molecule has 26 heavy (non-hydrogen) atoms. The van der Waals surface area contributed by atoms with Crippen molar-refractivity contribution in [1.82, 2.24) is 20.1 Å². The maximum absolute atomic E-state index is 12.3. The van der Waals surface area contributed by atoms with Crippen molar-refractivity contribution < 1.29 is 4.79 Å². The van der Waals surface area contributed by atoms with Crippen LogP contribution in [0, 0.1) is 6.92 Å². The molecule has 0 bridgehead atoms. The Morgan fingerprint density at radius 2 is 2.00 bits per heavy atom. The molecule has 0 aliphatic carbocycles. The molecule has 134 valence electrons. The fourth-order valence-electron chi connectivity index (χ4n) is 3.41. The lowest BCUT2D eigenvalue weighted by Gasteiger charge is -2.13. The maximum atomic E-state index is 12.3. The summed E-state index contributed by atoms with van der Waals surface area (Å²) in [5.41, 5.74) is 1.90. The third-order valence-electron chi connectivity index (χ3n) is 4.84. The largest absolute Gasteiger partial charge is 0.303 e. The molecule has 0 saturated carbocycles. The molecule has 1 aromatic carbocycles. The highest BCUT2D eigenvalue weighted by atomic mass is 32.1. The van der Waals surface area contributed by atoms with Gasteiger partial charge in [-0.05, 0) is 50.4 Å². The van der Waals surface area contributed by atoms with Gasteiger partial charge in [-0.25, -0.2) is 0 Å². The molecule has 0 radical (unpaired) electrons. The average molecular weight is 366 g/mol. The van der Waals surface area contributed by atoms with Gasteiger partial charge in [0.1, 0.15) is 15.8 Å². The normalized spacial score (nSPS) is 15.0. The minimum atomic E-state index is 0.264. The van der Waals surface area contributed by atoms with Gasteiger partial charge in [0.25, 0.3) is 0 Å². The van der Waals surface area contributed by atoms with Crippen molar-refractivity contribution in [2.24, 2.45) is 0 Å². The van der Waals surface area contributed by atoms with Crippen LogP contribution >= 0.6 is 11.3 Å². The molecule has 1 aliphatic rings. The molecule has 1 fully saturated rings. The van der Waals surface area contributed by atoms with Crippen LogP contribution in [0.3, 0.4) is 0 Å². The molecule has 0 unspecified atom stereocenters. The molecule has 1 aliphatic heterocycles. The van der Waals surface area contributed by atoms with Crippen LogP contribution in [0.15, 0.2) is 30.5 Å². The molecule has 0 N–H and O–H groups in total. The second-order valence-corrected chi connectivity index (χ2v) is 8.06. The van der Waals surface area contributed by atoms with E-state index in [0.717, 1.165) is 51.7 Å². The molecular weight excluding hydrogens is 344 g/mol. The Balaban J connectivity index is 1.47. The Bertz CT molecular complexity index is 930. The summed E-state index contributed by atoms with van der Waals surface area (Å²) < 4.78 is 0. The fraction of sp³-hybridized carbons (Fsp3) is 0.400. The maximum Gasteiger partial charge on any atom is 0.147 e.